The number of sulfone groups is 1. The number of anilines is 1. The van der Waals surface area contributed by atoms with Gasteiger partial charge in [-0.15, -0.1) is 0 Å². The van der Waals surface area contributed by atoms with E-state index in [1.165, 1.54) is 12.3 Å². The Morgan fingerprint density at radius 1 is 1.18 bits per heavy atom. The maximum absolute atomic E-state index is 11.6. The number of nitrogens with zero attached hydrogens (tertiary/aromatic N) is 2. The number of nitrogens with one attached hydrogen (secondary N) is 1. The highest BCUT2D eigenvalue weighted by Gasteiger charge is 2.10. The van der Waals surface area contributed by atoms with Crippen LogP contribution >= 0.6 is 0 Å². The van der Waals surface area contributed by atoms with Crippen LogP contribution in [0.3, 0.4) is 0 Å². The molecule has 0 amide bonds. The Bertz CT molecular complexity index is 970. The van der Waals surface area contributed by atoms with Crippen molar-refractivity contribution in [1.29, 1.82) is 0 Å². The predicted octanol–water partition coefficient (Wildman–Crippen LogP) is 3.19. The third-order valence-corrected chi connectivity index (χ3v) is 4.70. The maximum atomic E-state index is 11.6. The standard InChI is InChI=1S/C19H23N3O5S/c1-5-14-11-15(27-16-8-10-18(20-12-16)28(4,24)25)7-9-17(14)22-21-13(3)19(23)26-6-2/h7-12,22H,5-6H2,1-4H3/b21-13-. The lowest BCUT2D eigenvalue weighted by Gasteiger charge is -2.11. The van der Waals surface area contributed by atoms with Gasteiger partial charge in [-0.1, -0.05) is 6.92 Å². The molecule has 0 saturated carbocycles. The average Bonchev–Trinajstić information content (AvgIpc) is 2.66. The molecule has 28 heavy (non-hydrogen) atoms. The van der Waals surface area contributed by atoms with Crippen molar-refractivity contribution in [3.05, 3.63) is 42.1 Å². The largest absolute Gasteiger partial charge is 0.461 e. The molecule has 0 aliphatic carbocycles. The maximum Gasteiger partial charge on any atom is 0.354 e. The summed E-state index contributed by atoms with van der Waals surface area (Å²) in [6, 6.07) is 8.31. The molecule has 1 aromatic carbocycles. The molecule has 0 aliphatic heterocycles. The predicted molar refractivity (Wildman–Crippen MR) is 107 cm³/mol. The van der Waals surface area contributed by atoms with E-state index in [1.807, 2.05) is 13.0 Å². The molecule has 0 spiro atoms. The number of benzene rings is 1. The molecule has 9 heteroatoms. The number of carbonyl (C=O) groups is 1. The van der Waals surface area contributed by atoms with Crippen LogP contribution in [0.2, 0.25) is 0 Å². The molecule has 0 saturated heterocycles. The molecule has 0 bridgehead atoms. The number of aryl methyl sites for hydroxylation is 1. The van der Waals surface area contributed by atoms with Crippen molar-refractivity contribution in [2.75, 3.05) is 18.3 Å². The highest BCUT2D eigenvalue weighted by atomic mass is 32.2. The van der Waals surface area contributed by atoms with Gasteiger partial charge in [0.05, 0.1) is 18.5 Å². The highest BCUT2D eigenvalue weighted by molar-refractivity contribution is 7.90. The number of pyridine rings is 1. The Hall–Kier alpha value is -2.94. The zero-order valence-electron chi connectivity index (χ0n) is 16.2. The van der Waals surface area contributed by atoms with Crippen LogP contribution in [-0.2, 0) is 25.8 Å². The number of ether oxygens (including phenoxy) is 2. The van der Waals surface area contributed by atoms with E-state index in [0.717, 1.165) is 17.5 Å². The highest BCUT2D eigenvalue weighted by Crippen LogP contribution is 2.27. The third-order valence-electron chi connectivity index (χ3n) is 3.70. The molecule has 0 aliphatic rings. The summed E-state index contributed by atoms with van der Waals surface area (Å²) in [5, 5.41) is 4.04. The Balaban J connectivity index is 2.14. The van der Waals surface area contributed by atoms with E-state index < -0.39 is 15.8 Å². The van der Waals surface area contributed by atoms with Crippen molar-refractivity contribution in [2.24, 2.45) is 5.10 Å². The molecule has 0 unspecified atom stereocenters. The molecule has 0 fully saturated rings. The fraction of sp³-hybridized carbons (Fsp3) is 0.316. The van der Waals surface area contributed by atoms with Crippen LogP contribution in [-0.4, -0.2) is 37.9 Å². The van der Waals surface area contributed by atoms with Crippen LogP contribution < -0.4 is 10.2 Å². The van der Waals surface area contributed by atoms with Crippen LogP contribution in [0.25, 0.3) is 0 Å². The molecule has 8 nitrogen and oxygen atoms in total. The number of aromatic nitrogens is 1. The molecule has 1 aromatic heterocycles. The molecular formula is C19H23N3O5S. The first-order valence-corrected chi connectivity index (χ1v) is 10.6. The van der Waals surface area contributed by atoms with Gasteiger partial charge in [0.25, 0.3) is 0 Å². The second-order valence-corrected chi connectivity index (χ2v) is 7.87. The normalized spacial score (nSPS) is 11.8. The lowest BCUT2D eigenvalue weighted by atomic mass is 10.1. The van der Waals surface area contributed by atoms with E-state index >= 15 is 0 Å². The van der Waals surface area contributed by atoms with E-state index in [4.69, 9.17) is 9.47 Å². The summed E-state index contributed by atoms with van der Waals surface area (Å²) in [6.07, 6.45) is 3.17. The van der Waals surface area contributed by atoms with Crippen molar-refractivity contribution in [1.82, 2.24) is 4.98 Å². The van der Waals surface area contributed by atoms with Crippen LogP contribution in [0.5, 0.6) is 11.5 Å². The molecule has 1 N–H and O–H groups in total. The number of carbonyl (C=O) groups excluding carboxylic acids is 1. The van der Waals surface area contributed by atoms with Gasteiger partial charge < -0.3 is 9.47 Å². The van der Waals surface area contributed by atoms with Gasteiger partial charge in [0.2, 0.25) is 0 Å². The SMILES string of the molecule is CCOC(=O)/C(C)=N\Nc1ccc(Oc2ccc(S(C)(=O)=O)nc2)cc1CC. The lowest BCUT2D eigenvalue weighted by molar-refractivity contribution is -0.135. The summed E-state index contributed by atoms with van der Waals surface area (Å²) >= 11 is 0. The van der Waals surface area contributed by atoms with Gasteiger partial charge in [-0.25, -0.2) is 18.2 Å². The van der Waals surface area contributed by atoms with Crippen molar-refractivity contribution >= 4 is 27.2 Å². The Labute approximate surface area is 164 Å². The van der Waals surface area contributed by atoms with E-state index in [1.54, 1.807) is 32.0 Å². The summed E-state index contributed by atoms with van der Waals surface area (Å²) in [5.41, 5.74) is 4.76. The van der Waals surface area contributed by atoms with Crippen molar-refractivity contribution in [3.63, 3.8) is 0 Å². The topological polar surface area (TPSA) is 107 Å². The van der Waals surface area contributed by atoms with Gasteiger partial charge in [-0.2, -0.15) is 5.10 Å². The summed E-state index contributed by atoms with van der Waals surface area (Å²) in [4.78, 5) is 15.5. The minimum atomic E-state index is -3.35. The molecule has 150 valence electrons. The zero-order chi connectivity index (χ0) is 20.7. The number of hydrogen-bond donors (Lipinski definition) is 1. The second-order valence-electron chi connectivity index (χ2n) is 5.91. The molecule has 2 aromatic rings. The number of hydrazone groups is 1. The third kappa shape index (κ3) is 5.78. The van der Waals surface area contributed by atoms with Crippen molar-refractivity contribution < 1.29 is 22.7 Å². The Morgan fingerprint density at radius 2 is 1.89 bits per heavy atom. The quantitative estimate of drug-likeness (QED) is 0.408. The number of rotatable bonds is 8. The van der Waals surface area contributed by atoms with Crippen LogP contribution in [0, 0.1) is 0 Å². The second kappa shape index (κ2) is 9.32. The first-order chi connectivity index (χ1) is 13.2. The summed E-state index contributed by atoms with van der Waals surface area (Å²) in [6.45, 7) is 5.57. The fourth-order valence-corrected chi connectivity index (χ4v) is 2.80. The minimum Gasteiger partial charge on any atom is -0.461 e. The average molecular weight is 405 g/mol. The van der Waals surface area contributed by atoms with Crippen molar-refractivity contribution in [2.45, 2.75) is 32.2 Å². The molecule has 0 atom stereocenters. The first kappa shape index (κ1) is 21.4. The van der Waals surface area contributed by atoms with E-state index in [-0.39, 0.29) is 17.3 Å². The summed E-state index contributed by atoms with van der Waals surface area (Å²) in [7, 11) is -3.35. The number of esters is 1. The zero-order valence-corrected chi connectivity index (χ0v) is 17.0. The van der Waals surface area contributed by atoms with E-state index in [9.17, 15) is 13.2 Å². The Morgan fingerprint density at radius 3 is 2.46 bits per heavy atom. The molecule has 2 rings (SSSR count). The fourth-order valence-electron chi connectivity index (χ4n) is 2.24. The Kier molecular flexibility index (Phi) is 7.11. The molecular weight excluding hydrogens is 382 g/mol. The monoisotopic (exact) mass is 405 g/mol. The van der Waals surface area contributed by atoms with Gasteiger partial charge in [0.1, 0.15) is 17.2 Å². The van der Waals surface area contributed by atoms with Gasteiger partial charge in [0.15, 0.2) is 14.9 Å². The van der Waals surface area contributed by atoms with Gasteiger partial charge in [-0.05, 0) is 56.2 Å². The van der Waals surface area contributed by atoms with E-state index in [0.29, 0.717) is 17.9 Å². The van der Waals surface area contributed by atoms with E-state index in [2.05, 4.69) is 15.5 Å². The van der Waals surface area contributed by atoms with Crippen LogP contribution in [0.4, 0.5) is 5.69 Å². The van der Waals surface area contributed by atoms with Gasteiger partial charge >= 0.3 is 5.97 Å². The van der Waals surface area contributed by atoms with Crippen LogP contribution in [0.1, 0.15) is 26.3 Å². The first-order valence-electron chi connectivity index (χ1n) is 8.69. The van der Waals surface area contributed by atoms with Crippen molar-refractivity contribution in [3.8, 4) is 11.5 Å². The molecule has 0 radical (unpaired) electrons. The lowest BCUT2D eigenvalue weighted by Crippen LogP contribution is -2.15. The summed E-state index contributed by atoms with van der Waals surface area (Å²) in [5.74, 6) is 0.520. The minimum absolute atomic E-state index is 0.0107. The van der Waals surface area contributed by atoms with Gasteiger partial charge in [0, 0.05) is 6.26 Å². The number of hydrogen-bond acceptors (Lipinski definition) is 8. The van der Waals surface area contributed by atoms with Gasteiger partial charge in [-0.3, -0.25) is 5.43 Å². The molecule has 1 heterocycles. The smallest absolute Gasteiger partial charge is 0.354 e. The van der Waals surface area contributed by atoms with Crippen LogP contribution in [0.15, 0.2) is 46.7 Å². The summed E-state index contributed by atoms with van der Waals surface area (Å²) < 4.78 is 33.6.